The Morgan fingerprint density at radius 3 is 2.89 bits per heavy atom. The van der Waals surface area contributed by atoms with Gasteiger partial charge in [0.15, 0.2) is 0 Å². The Labute approximate surface area is 118 Å². The van der Waals surface area contributed by atoms with Gasteiger partial charge in [-0.3, -0.25) is 4.40 Å². The van der Waals surface area contributed by atoms with Gasteiger partial charge in [0.05, 0.1) is 12.7 Å². The molecule has 0 spiro atoms. The van der Waals surface area contributed by atoms with Crippen LogP contribution in [0.5, 0.6) is 5.88 Å². The summed E-state index contributed by atoms with van der Waals surface area (Å²) < 4.78 is 8.38. The molecule has 0 amide bonds. The molecule has 0 bridgehead atoms. The summed E-state index contributed by atoms with van der Waals surface area (Å²) in [6.07, 6.45) is 3.71. The first-order valence-corrected chi connectivity index (χ1v) is 6.51. The highest BCUT2D eigenvalue weighted by molar-refractivity contribution is 14.1. The molecule has 0 fully saturated rings. The third-order valence-electron chi connectivity index (χ3n) is 2.69. The van der Waals surface area contributed by atoms with Crippen LogP contribution in [0.3, 0.4) is 0 Å². The van der Waals surface area contributed by atoms with Crippen LogP contribution < -0.4 is 4.74 Å². The highest BCUT2D eigenvalue weighted by Crippen LogP contribution is 2.31. The third-order valence-corrected chi connectivity index (χ3v) is 3.72. The van der Waals surface area contributed by atoms with E-state index < -0.39 is 0 Å². The first kappa shape index (κ1) is 11.5. The molecule has 18 heavy (non-hydrogen) atoms. The average Bonchev–Trinajstić information content (AvgIpc) is 2.76. The number of hydrogen-bond donors (Lipinski definition) is 0. The molecule has 3 aromatic heterocycles. The number of hydrogen-bond acceptors (Lipinski definition) is 3. The van der Waals surface area contributed by atoms with Crippen LogP contribution in [0.25, 0.3) is 16.9 Å². The summed E-state index contributed by atoms with van der Waals surface area (Å²) in [7, 11) is 1.62. The normalized spacial score (nSPS) is 10.8. The fourth-order valence-electron chi connectivity index (χ4n) is 1.87. The fraction of sp³-hybridized carbons (Fsp3) is 0.0769. The topological polar surface area (TPSA) is 39.4 Å². The summed E-state index contributed by atoms with van der Waals surface area (Å²) in [6.45, 7) is 0. The zero-order valence-corrected chi connectivity index (χ0v) is 11.8. The van der Waals surface area contributed by atoms with E-state index >= 15 is 0 Å². The lowest BCUT2D eigenvalue weighted by Gasteiger charge is -2.04. The Balaban J connectivity index is 2.28. The van der Waals surface area contributed by atoms with Gasteiger partial charge in [-0.2, -0.15) is 0 Å². The maximum absolute atomic E-state index is 5.29. The van der Waals surface area contributed by atoms with E-state index in [9.17, 15) is 0 Å². The number of rotatable bonds is 2. The Morgan fingerprint density at radius 2 is 2.11 bits per heavy atom. The molecule has 5 heteroatoms. The first-order valence-electron chi connectivity index (χ1n) is 5.43. The molecule has 0 unspecified atom stereocenters. The summed E-state index contributed by atoms with van der Waals surface area (Å²) in [4.78, 5) is 8.84. The van der Waals surface area contributed by atoms with Gasteiger partial charge in [-0.25, -0.2) is 9.97 Å². The number of fused-ring (bicyclic) bond motifs is 1. The second-order valence-electron chi connectivity index (χ2n) is 3.74. The molecule has 4 nitrogen and oxygen atoms in total. The maximum atomic E-state index is 5.29. The number of halogens is 1. The summed E-state index contributed by atoms with van der Waals surface area (Å²) in [5, 5.41) is 0. The Morgan fingerprint density at radius 1 is 1.22 bits per heavy atom. The van der Waals surface area contributed by atoms with Gasteiger partial charge in [-0.15, -0.1) is 0 Å². The Kier molecular flexibility index (Phi) is 2.91. The van der Waals surface area contributed by atoms with E-state index in [2.05, 4.69) is 32.6 Å². The van der Waals surface area contributed by atoms with Crippen molar-refractivity contribution in [2.75, 3.05) is 7.11 Å². The molecule has 90 valence electrons. The molecule has 0 aliphatic heterocycles. The van der Waals surface area contributed by atoms with E-state index in [0.29, 0.717) is 5.88 Å². The smallest absolute Gasteiger partial charge is 0.222 e. The van der Waals surface area contributed by atoms with Crippen molar-refractivity contribution in [2.45, 2.75) is 0 Å². The summed E-state index contributed by atoms with van der Waals surface area (Å²) in [6, 6.07) is 9.80. The lowest BCUT2D eigenvalue weighted by molar-refractivity contribution is 0.399. The molecule has 0 aromatic carbocycles. The minimum absolute atomic E-state index is 0.596. The quantitative estimate of drug-likeness (QED) is 0.667. The molecule has 0 aliphatic carbocycles. The minimum atomic E-state index is 0.596. The zero-order chi connectivity index (χ0) is 12.5. The van der Waals surface area contributed by atoms with Crippen LogP contribution in [0.1, 0.15) is 0 Å². The number of methoxy groups -OCH3 is 1. The molecule has 3 aromatic rings. The van der Waals surface area contributed by atoms with Crippen LogP contribution in [-0.2, 0) is 0 Å². The largest absolute Gasteiger partial charge is 0.481 e. The number of pyridine rings is 2. The predicted molar refractivity (Wildman–Crippen MR) is 77.7 cm³/mol. The zero-order valence-electron chi connectivity index (χ0n) is 9.67. The molecule has 0 radical (unpaired) electrons. The summed E-state index contributed by atoms with van der Waals surface area (Å²) in [5.74, 6) is 0.596. The van der Waals surface area contributed by atoms with E-state index in [0.717, 1.165) is 20.6 Å². The molecule has 0 atom stereocenters. The Bertz CT molecular complexity index is 708. The summed E-state index contributed by atoms with van der Waals surface area (Å²) >= 11 is 2.29. The predicted octanol–water partition coefficient (Wildman–Crippen LogP) is 3.01. The second kappa shape index (κ2) is 4.56. The van der Waals surface area contributed by atoms with Crippen LogP contribution in [-0.4, -0.2) is 21.5 Å². The Hall–Kier alpha value is -1.63. The van der Waals surface area contributed by atoms with Crippen molar-refractivity contribution in [3.8, 4) is 17.1 Å². The van der Waals surface area contributed by atoms with Gasteiger partial charge >= 0.3 is 0 Å². The van der Waals surface area contributed by atoms with Gasteiger partial charge in [-0.1, -0.05) is 6.07 Å². The van der Waals surface area contributed by atoms with Crippen molar-refractivity contribution in [3.05, 3.63) is 46.4 Å². The van der Waals surface area contributed by atoms with Crippen molar-refractivity contribution in [2.24, 2.45) is 0 Å². The molecule has 0 N–H and O–H groups in total. The number of aromatic nitrogens is 3. The highest BCUT2D eigenvalue weighted by atomic mass is 127. The van der Waals surface area contributed by atoms with Crippen LogP contribution in [0.4, 0.5) is 0 Å². The molecule has 3 heterocycles. The number of ether oxygens (including phenoxy) is 1. The maximum Gasteiger partial charge on any atom is 0.222 e. The van der Waals surface area contributed by atoms with E-state index in [1.54, 1.807) is 13.3 Å². The van der Waals surface area contributed by atoms with Crippen LogP contribution in [0.15, 0.2) is 42.7 Å². The van der Waals surface area contributed by atoms with Gasteiger partial charge in [0.2, 0.25) is 5.88 Å². The lowest BCUT2D eigenvalue weighted by Crippen LogP contribution is -1.92. The minimum Gasteiger partial charge on any atom is -0.481 e. The van der Waals surface area contributed by atoms with Crippen molar-refractivity contribution < 1.29 is 4.74 Å². The van der Waals surface area contributed by atoms with Crippen molar-refractivity contribution in [3.63, 3.8) is 0 Å². The second-order valence-corrected chi connectivity index (χ2v) is 4.76. The van der Waals surface area contributed by atoms with Crippen LogP contribution in [0.2, 0.25) is 0 Å². The van der Waals surface area contributed by atoms with E-state index in [1.165, 1.54) is 0 Å². The summed E-state index contributed by atoms with van der Waals surface area (Å²) in [5.41, 5.74) is 2.72. The SMILES string of the molecule is COc1ncccc1-c1nc2ccccn2c1I. The van der Waals surface area contributed by atoms with Gasteiger partial charge in [0.25, 0.3) is 0 Å². The van der Waals surface area contributed by atoms with E-state index in [-0.39, 0.29) is 0 Å². The van der Waals surface area contributed by atoms with Gasteiger partial charge in [0, 0.05) is 12.4 Å². The van der Waals surface area contributed by atoms with Crippen molar-refractivity contribution in [1.82, 2.24) is 14.4 Å². The molecule has 0 saturated carbocycles. The lowest BCUT2D eigenvalue weighted by atomic mass is 10.2. The molecular formula is C13H10IN3O. The fourth-order valence-corrected chi connectivity index (χ4v) is 2.69. The van der Waals surface area contributed by atoms with Crippen LogP contribution >= 0.6 is 22.6 Å². The monoisotopic (exact) mass is 351 g/mol. The molecular weight excluding hydrogens is 341 g/mol. The molecule has 0 saturated heterocycles. The molecule has 0 aliphatic rings. The third kappa shape index (κ3) is 1.74. The van der Waals surface area contributed by atoms with Crippen LogP contribution in [0, 0.1) is 3.70 Å². The van der Waals surface area contributed by atoms with Gasteiger partial charge in [0.1, 0.15) is 15.0 Å². The number of nitrogens with zero attached hydrogens (tertiary/aromatic N) is 3. The molecule has 3 rings (SSSR count). The average molecular weight is 351 g/mol. The van der Waals surface area contributed by atoms with Crippen molar-refractivity contribution >= 4 is 28.2 Å². The van der Waals surface area contributed by atoms with E-state index in [4.69, 9.17) is 4.74 Å². The van der Waals surface area contributed by atoms with Crippen molar-refractivity contribution in [1.29, 1.82) is 0 Å². The standard InChI is InChI=1S/C13H10IN3O/c1-18-13-9(5-4-7-15-13)11-12(14)17-8-3-2-6-10(17)16-11/h2-8H,1H3. The first-order chi connectivity index (χ1) is 8.81. The highest BCUT2D eigenvalue weighted by Gasteiger charge is 2.15. The van der Waals surface area contributed by atoms with E-state index in [1.807, 2.05) is 40.9 Å². The van der Waals surface area contributed by atoms with Gasteiger partial charge < -0.3 is 4.74 Å². The number of imidazole rings is 1. The van der Waals surface area contributed by atoms with Gasteiger partial charge in [-0.05, 0) is 46.9 Å².